The number of nitrogen functional groups attached to an aromatic ring is 1. The van der Waals surface area contributed by atoms with Crippen molar-refractivity contribution < 1.29 is 13.2 Å². The van der Waals surface area contributed by atoms with E-state index in [9.17, 15) is 13.2 Å². The molecule has 0 unspecified atom stereocenters. The zero-order valence-electron chi connectivity index (χ0n) is 16.1. The zero-order chi connectivity index (χ0) is 20.5. The molecule has 0 amide bonds. The number of halogens is 3. The van der Waals surface area contributed by atoms with E-state index in [1.807, 2.05) is 25.9 Å². The third-order valence-electron chi connectivity index (χ3n) is 4.83. The lowest BCUT2D eigenvalue weighted by Crippen LogP contribution is -2.47. The minimum atomic E-state index is -4.34. The highest BCUT2D eigenvalue weighted by Gasteiger charge is 2.31. The van der Waals surface area contributed by atoms with E-state index in [2.05, 4.69) is 19.9 Å². The normalized spacial score (nSPS) is 16.9. The molecule has 0 spiro atoms. The van der Waals surface area contributed by atoms with E-state index in [1.54, 1.807) is 11.0 Å². The number of rotatable bonds is 4. The highest BCUT2D eigenvalue weighted by atomic mass is 19.4. The average molecular weight is 395 g/mol. The first-order valence-corrected chi connectivity index (χ1v) is 9.00. The van der Waals surface area contributed by atoms with Crippen LogP contribution in [0.15, 0.2) is 24.3 Å². The van der Waals surface area contributed by atoms with E-state index in [4.69, 9.17) is 5.73 Å². The summed E-state index contributed by atoms with van der Waals surface area (Å²) >= 11 is 0. The summed E-state index contributed by atoms with van der Waals surface area (Å²) in [6, 6.07) is 5.38. The molecule has 0 saturated carbocycles. The van der Waals surface area contributed by atoms with Crippen LogP contribution in [0.2, 0.25) is 0 Å². The fourth-order valence-corrected chi connectivity index (χ4v) is 3.19. The van der Waals surface area contributed by atoms with E-state index in [1.165, 1.54) is 12.1 Å². The van der Waals surface area contributed by atoms with Crippen molar-refractivity contribution in [2.45, 2.75) is 19.1 Å². The van der Waals surface area contributed by atoms with Gasteiger partial charge in [-0.05, 0) is 25.1 Å². The molecule has 7 nitrogen and oxygen atoms in total. The molecule has 2 aromatic rings. The number of alkyl halides is 3. The van der Waals surface area contributed by atoms with Crippen molar-refractivity contribution in [2.24, 2.45) is 0 Å². The molecule has 152 valence electrons. The lowest BCUT2D eigenvalue weighted by molar-refractivity contribution is -0.137. The topological polar surface area (TPSA) is 74.4 Å². The summed E-state index contributed by atoms with van der Waals surface area (Å²) in [6.45, 7) is 4.59. The van der Waals surface area contributed by atoms with Gasteiger partial charge in [0.1, 0.15) is 0 Å². The molecule has 1 aliphatic heterocycles. The summed E-state index contributed by atoms with van der Waals surface area (Å²) < 4.78 is 38.9. The van der Waals surface area contributed by atoms with Crippen molar-refractivity contribution in [2.75, 3.05) is 55.8 Å². The minimum absolute atomic E-state index is 0.0762. The quantitative estimate of drug-likeness (QED) is 0.852. The van der Waals surface area contributed by atoms with Gasteiger partial charge in [-0.25, -0.2) is 0 Å². The first-order chi connectivity index (χ1) is 13.1. The summed E-state index contributed by atoms with van der Waals surface area (Å²) in [6.07, 6.45) is -4.34. The van der Waals surface area contributed by atoms with Gasteiger partial charge in [0.25, 0.3) is 0 Å². The van der Waals surface area contributed by atoms with Crippen LogP contribution >= 0.6 is 0 Å². The number of benzene rings is 1. The van der Waals surface area contributed by atoms with Gasteiger partial charge in [-0.3, -0.25) is 4.90 Å². The monoisotopic (exact) mass is 395 g/mol. The molecule has 1 aromatic carbocycles. The Labute approximate surface area is 162 Å². The number of piperazine rings is 1. The maximum atomic E-state index is 13.0. The van der Waals surface area contributed by atoms with Gasteiger partial charge < -0.3 is 15.5 Å². The fraction of sp³-hybridized carbons (Fsp3) is 0.500. The minimum Gasteiger partial charge on any atom is -0.369 e. The van der Waals surface area contributed by atoms with E-state index >= 15 is 0 Å². The third-order valence-corrected chi connectivity index (χ3v) is 4.83. The zero-order valence-corrected chi connectivity index (χ0v) is 16.1. The smallest absolute Gasteiger partial charge is 0.369 e. The highest BCUT2D eigenvalue weighted by molar-refractivity contribution is 5.49. The molecular formula is C18H24F3N7. The predicted octanol–water partition coefficient (Wildman–Crippen LogP) is 2.42. The molecule has 28 heavy (non-hydrogen) atoms. The summed E-state index contributed by atoms with van der Waals surface area (Å²) in [5.74, 6) is 1.25. The Morgan fingerprint density at radius 2 is 1.75 bits per heavy atom. The largest absolute Gasteiger partial charge is 0.416 e. The van der Waals surface area contributed by atoms with Crippen LogP contribution in [0.3, 0.4) is 0 Å². The van der Waals surface area contributed by atoms with Crippen LogP contribution in [0.5, 0.6) is 0 Å². The summed E-state index contributed by atoms with van der Waals surface area (Å²) in [5.41, 5.74) is 5.76. The average Bonchev–Trinajstić information content (AvgIpc) is 2.66. The van der Waals surface area contributed by atoms with Gasteiger partial charge in [0.2, 0.25) is 11.9 Å². The molecule has 0 radical (unpaired) electrons. The molecule has 0 bridgehead atoms. The van der Waals surface area contributed by atoms with Crippen molar-refractivity contribution in [3.05, 3.63) is 35.7 Å². The molecule has 1 atom stereocenters. The Bertz CT molecular complexity index is 817. The number of nitrogens with zero attached hydrogens (tertiary/aromatic N) is 6. The Kier molecular flexibility index (Phi) is 5.59. The van der Waals surface area contributed by atoms with Crippen molar-refractivity contribution in [1.29, 1.82) is 0 Å². The van der Waals surface area contributed by atoms with Crippen LogP contribution in [0.1, 0.15) is 24.4 Å². The number of nitrogens with two attached hydrogens (primary N) is 1. The highest BCUT2D eigenvalue weighted by Crippen LogP contribution is 2.32. The molecular weight excluding hydrogens is 371 g/mol. The molecule has 2 N–H and O–H groups in total. The molecule has 2 heterocycles. The van der Waals surface area contributed by atoms with Crippen LogP contribution in [0.25, 0.3) is 0 Å². The van der Waals surface area contributed by atoms with Gasteiger partial charge >= 0.3 is 6.18 Å². The second-order valence-electron chi connectivity index (χ2n) is 6.99. The van der Waals surface area contributed by atoms with Gasteiger partial charge in [0, 0.05) is 46.0 Å². The lowest BCUT2D eigenvalue weighted by atomic mass is 10.1. The van der Waals surface area contributed by atoms with Gasteiger partial charge in [-0.2, -0.15) is 28.1 Å². The van der Waals surface area contributed by atoms with Crippen LogP contribution in [0.4, 0.5) is 30.8 Å². The van der Waals surface area contributed by atoms with Crippen molar-refractivity contribution in [3.63, 3.8) is 0 Å². The van der Waals surface area contributed by atoms with Crippen molar-refractivity contribution in [3.8, 4) is 0 Å². The summed E-state index contributed by atoms with van der Waals surface area (Å²) in [5, 5.41) is 0. The standard InChI is InChI=1S/C18H24F3N7/c1-12(15-23-16(22)25-17(24-15)26(2)3)27-7-9-28(10-8-27)14-6-4-5-13(11-14)18(19,20)21/h4-6,11-12H,7-10H2,1-3H3,(H2,22,23,24,25)/t12-/m1/s1. The van der Waals surface area contributed by atoms with Gasteiger partial charge in [-0.15, -0.1) is 0 Å². The predicted molar refractivity (Wildman–Crippen MR) is 102 cm³/mol. The Morgan fingerprint density at radius 3 is 2.36 bits per heavy atom. The van der Waals surface area contributed by atoms with E-state index in [0.717, 1.165) is 6.07 Å². The van der Waals surface area contributed by atoms with Gasteiger partial charge in [-0.1, -0.05) is 6.07 Å². The maximum absolute atomic E-state index is 13.0. The Hall–Kier alpha value is -2.62. The summed E-state index contributed by atoms with van der Waals surface area (Å²) in [7, 11) is 3.66. The second-order valence-corrected chi connectivity index (χ2v) is 6.99. The van der Waals surface area contributed by atoms with E-state index in [0.29, 0.717) is 43.6 Å². The third kappa shape index (κ3) is 4.44. The Morgan fingerprint density at radius 1 is 1.07 bits per heavy atom. The maximum Gasteiger partial charge on any atom is 0.416 e. The van der Waals surface area contributed by atoms with E-state index < -0.39 is 11.7 Å². The second kappa shape index (κ2) is 7.78. The van der Waals surface area contributed by atoms with Crippen LogP contribution in [0, 0.1) is 0 Å². The molecule has 10 heteroatoms. The number of hydrogen-bond donors (Lipinski definition) is 1. The van der Waals surface area contributed by atoms with Crippen LogP contribution in [-0.2, 0) is 6.18 Å². The first kappa shape index (κ1) is 20.1. The number of aromatic nitrogens is 3. The van der Waals surface area contributed by atoms with Crippen molar-refractivity contribution >= 4 is 17.6 Å². The summed E-state index contributed by atoms with van der Waals surface area (Å²) in [4.78, 5) is 18.7. The molecule has 1 fully saturated rings. The van der Waals surface area contributed by atoms with Gasteiger partial charge in [0.05, 0.1) is 11.6 Å². The van der Waals surface area contributed by atoms with E-state index in [-0.39, 0.29) is 12.0 Å². The van der Waals surface area contributed by atoms with Gasteiger partial charge in [0.15, 0.2) is 5.82 Å². The Balaban J connectivity index is 1.69. The molecule has 0 aliphatic carbocycles. The lowest BCUT2D eigenvalue weighted by Gasteiger charge is -2.38. The fourth-order valence-electron chi connectivity index (χ4n) is 3.19. The van der Waals surface area contributed by atoms with Crippen LogP contribution < -0.4 is 15.5 Å². The van der Waals surface area contributed by atoms with Crippen LogP contribution in [-0.4, -0.2) is 60.1 Å². The molecule has 3 rings (SSSR count). The molecule has 1 aromatic heterocycles. The molecule has 1 saturated heterocycles. The SMILES string of the molecule is C[C@H](c1nc(N)nc(N(C)C)n1)N1CCN(c2cccc(C(F)(F)F)c2)CC1. The number of hydrogen-bond acceptors (Lipinski definition) is 7. The first-order valence-electron chi connectivity index (χ1n) is 9.00. The molecule has 1 aliphatic rings. The number of anilines is 3. The van der Waals surface area contributed by atoms with Crippen molar-refractivity contribution in [1.82, 2.24) is 19.9 Å².